The van der Waals surface area contributed by atoms with Crippen molar-refractivity contribution in [3.63, 3.8) is 0 Å². The van der Waals surface area contributed by atoms with E-state index in [0.717, 1.165) is 11.1 Å². The fourth-order valence-electron chi connectivity index (χ4n) is 2.29. The third kappa shape index (κ3) is 4.92. The van der Waals surface area contributed by atoms with Gasteiger partial charge in [-0.1, -0.05) is 18.2 Å². The second-order valence-corrected chi connectivity index (χ2v) is 5.21. The molecule has 0 aliphatic rings. The standard InChI is InChI=1S/C18H22N2O3/c1-22-16-8-6-14(11-17(16)23-2)12-20-18(21)9-7-13-4-3-5-15(19)10-13/h3-6,8,10-11H,7,9,12,19H2,1-2H3,(H,20,21). The van der Waals surface area contributed by atoms with Crippen LogP contribution in [0.4, 0.5) is 5.69 Å². The minimum atomic E-state index is 0.00205. The molecule has 0 aromatic heterocycles. The Hall–Kier alpha value is -2.69. The van der Waals surface area contributed by atoms with Crippen LogP contribution in [0.1, 0.15) is 17.5 Å². The van der Waals surface area contributed by atoms with Crippen LogP contribution in [-0.2, 0) is 17.8 Å². The van der Waals surface area contributed by atoms with E-state index in [-0.39, 0.29) is 5.91 Å². The summed E-state index contributed by atoms with van der Waals surface area (Å²) in [5.41, 5.74) is 8.46. The maximum Gasteiger partial charge on any atom is 0.220 e. The zero-order valence-corrected chi connectivity index (χ0v) is 13.5. The number of ether oxygens (including phenoxy) is 2. The molecule has 0 radical (unpaired) electrons. The Bertz CT molecular complexity index is 671. The van der Waals surface area contributed by atoms with Crippen molar-refractivity contribution in [2.24, 2.45) is 0 Å². The Morgan fingerprint density at radius 1 is 1.04 bits per heavy atom. The summed E-state index contributed by atoms with van der Waals surface area (Å²) < 4.78 is 10.4. The number of nitrogen functional groups attached to an aromatic ring is 1. The number of rotatable bonds is 7. The molecule has 5 nitrogen and oxygen atoms in total. The van der Waals surface area contributed by atoms with Gasteiger partial charge in [0.25, 0.3) is 0 Å². The molecule has 0 aliphatic carbocycles. The fraction of sp³-hybridized carbons (Fsp3) is 0.278. The van der Waals surface area contributed by atoms with Gasteiger partial charge in [-0.25, -0.2) is 0 Å². The van der Waals surface area contributed by atoms with Gasteiger partial charge in [0.1, 0.15) is 0 Å². The van der Waals surface area contributed by atoms with E-state index < -0.39 is 0 Å². The molecule has 23 heavy (non-hydrogen) atoms. The quantitative estimate of drug-likeness (QED) is 0.770. The molecule has 0 spiro atoms. The molecule has 3 N–H and O–H groups in total. The second kappa shape index (κ2) is 8.08. The van der Waals surface area contributed by atoms with Gasteiger partial charge in [-0.3, -0.25) is 4.79 Å². The molecule has 0 heterocycles. The van der Waals surface area contributed by atoms with Crippen molar-refractivity contribution >= 4 is 11.6 Å². The topological polar surface area (TPSA) is 73.6 Å². The number of nitrogens with two attached hydrogens (primary N) is 1. The van der Waals surface area contributed by atoms with Gasteiger partial charge in [-0.2, -0.15) is 0 Å². The summed E-state index contributed by atoms with van der Waals surface area (Å²) in [6.07, 6.45) is 1.10. The van der Waals surface area contributed by atoms with Gasteiger partial charge in [0, 0.05) is 18.7 Å². The SMILES string of the molecule is COc1ccc(CNC(=O)CCc2cccc(N)c2)cc1OC. The molecule has 0 saturated heterocycles. The fourth-order valence-corrected chi connectivity index (χ4v) is 2.29. The zero-order chi connectivity index (χ0) is 16.7. The van der Waals surface area contributed by atoms with Gasteiger partial charge >= 0.3 is 0 Å². The van der Waals surface area contributed by atoms with Crippen molar-refractivity contribution < 1.29 is 14.3 Å². The van der Waals surface area contributed by atoms with E-state index in [2.05, 4.69) is 5.32 Å². The van der Waals surface area contributed by atoms with E-state index in [1.807, 2.05) is 42.5 Å². The molecule has 0 fully saturated rings. The maximum atomic E-state index is 12.0. The summed E-state index contributed by atoms with van der Waals surface area (Å²) in [4.78, 5) is 12.0. The van der Waals surface area contributed by atoms with E-state index >= 15 is 0 Å². The number of anilines is 1. The van der Waals surface area contributed by atoms with Crippen LogP contribution in [0.15, 0.2) is 42.5 Å². The summed E-state index contributed by atoms with van der Waals surface area (Å²) in [7, 11) is 3.18. The van der Waals surface area contributed by atoms with Crippen molar-refractivity contribution in [3.8, 4) is 11.5 Å². The van der Waals surface area contributed by atoms with Crippen molar-refractivity contribution in [1.29, 1.82) is 0 Å². The second-order valence-electron chi connectivity index (χ2n) is 5.21. The molecular weight excluding hydrogens is 292 g/mol. The molecule has 2 rings (SSSR count). The smallest absolute Gasteiger partial charge is 0.220 e. The zero-order valence-electron chi connectivity index (χ0n) is 13.5. The molecule has 0 unspecified atom stereocenters. The van der Waals surface area contributed by atoms with Crippen LogP contribution in [0.5, 0.6) is 11.5 Å². The van der Waals surface area contributed by atoms with Gasteiger partial charge in [-0.05, 0) is 41.8 Å². The van der Waals surface area contributed by atoms with Gasteiger partial charge in [0.05, 0.1) is 14.2 Å². The largest absolute Gasteiger partial charge is 0.493 e. The number of carbonyl (C=O) groups is 1. The summed E-state index contributed by atoms with van der Waals surface area (Å²) >= 11 is 0. The number of carbonyl (C=O) groups excluding carboxylic acids is 1. The van der Waals surface area contributed by atoms with Crippen molar-refractivity contribution in [3.05, 3.63) is 53.6 Å². The minimum absolute atomic E-state index is 0.00205. The number of nitrogens with one attached hydrogen (secondary N) is 1. The predicted molar refractivity (Wildman–Crippen MR) is 90.6 cm³/mol. The van der Waals surface area contributed by atoms with Gasteiger partial charge in [0.2, 0.25) is 5.91 Å². The van der Waals surface area contributed by atoms with Crippen molar-refractivity contribution in [2.45, 2.75) is 19.4 Å². The number of methoxy groups -OCH3 is 2. The first kappa shape index (κ1) is 16.7. The Kier molecular flexibility index (Phi) is 5.86. The number of amides is 1. The van der Waals surface area contributed by atoms with Crippen molar-refractivity contribution in [1.82, 2.24) is 5.32 Å². The van der Waals surface area contributed by atoms with Crippen LogP contribution in [-0.4, -0.2) is 20.1 Å². The Balaban J connectivity index is 1.84. The van der Waals surface area contributed by atoms with Gasteiger partial charge in [-0.15, -0.1) is 0 Å². The normalized spacial score (nSPS) is 10.2. The van der Waals surface area contributed by atoms with Crippen LogP contribution >= 0.6 is 0 Å². The van der Waals surface area contributed by atoms with Gasteiger partial charge < -0.3 is 20.5 Å². The summed E-state index contributed by atoms with van der Waals surface area (Å²) in [6, 6.07) is 13.2. The lowest BCUT2D eigenvalue weighted by Gasteiger charge is -2.10. The third-order valence-corrected chi connectivity index (χ3v) is 3.53. The molecule has 1 amide bonds. The molecule has 0 bridgehead atoms. The lowest BCUT2D eigenvalue weighted by atomic mass is 10.1. The molecule has 2 aromatic rings. The third-order valence-electron chi connectivity index (χ3n) is 3.53. The van der Waals surface area contributed by atoms with Gasteiger partial charge in [0.15, 0.2) is 11.5 Å². The van der Waals surface area contributed by atoms with E-state index in [1.165, 1.54) is 0 Å². The first-order valence-electron chi connectivity index (χ1n) is 7.44. The number of benzene rings is 2. The lowest BCUT2D eigenvalue weighted by Crippen LogP contribution is -2.23. The number of hydrogen-bond acceptors (Lipinski definition) is 4. The molecule has 2 aromatic carbocycles. The first-order valence-corrected chi connectivity index (χ1v) is 7.44. The van der Waals surface area contributed by atoms with Crippen molar-refractivity contribution in [2.75, 3.05) is 20.0 Å². The summed E-state index contributed by atoms with van der Waals surface area (Å²) in [5.74, 6) is 1.32. The monoisotopic (exact) mass is 314 g/mol. The van der Waals surface area contributed by atoms with Crippen LogP contribution in [0.3, 0.4) is 0 Å². The van der Waals surface area contributed by atoms with Crippen LogP contribution in [0, 0.1) is 0 Å². The predicted octanol–water partition coefficient (Wildman–Crippen LogP) is 2.54. The van der Waals surface area contributed by atoms with Crippen LogP contribution in [0.25, 0.3) is 0 Å². The molecule has 5 heteroatoms. The first-order chi connectivity index (χ1) is 11.1. The molecular formula is C18H22N2O3. The Morgan fingerprint density at radius 3 is 2.52 bits per heavy atom. The Morgan fingerprint density at radius 2 is 1.83 bits per heavy atom. The van der Waals surface area contributed by atoms with E-state index in [4.69, 9.17) is 15.2 Å². The minimum Gasteiger partial charge on any atom is -0.493 e. The lowest BCUT2D eigenvalue weighted by molar-refractivity contribution is -0.121. The summed E-state index contributed by atoms with van der Waals surface area (Å²) in [5, 5.41) is 2.91. The molecule has 0 atom stereocenters. The number of hydrogen-bond donors (Lipinski definition) is 2. The highest BCUT2D eigenvalue weighted by Gasteiger charge is 2.06. The van der Waals surface area contributed by atoms with E-state index in [0.29, 0.717) is 36.6 Å². The van der Waals surface area contributed by atoms with E-state index in [9.17, 15) is 4.79 Å². The Labute approximate surface area is 136 Å². The molecule has 0 aliphatic heterocycles. The van der Waals surface area contributed by atoms with E-state index in [1.54, 1.807) is 14.2 Å². The van der Waals surface area contributed by atoms with Crippen LogP contribution in [0.2, 0.25) is 0 Å². The highest BCUT2D eigenvalue weighted by atomic mass is 16.5. The average molecular weight is 314 g/mol. The molecule has 122 valence electrons. The highest BCUT2D eigenvalue weighted by Crippen LogP contribution is 2.27. The highest BCUT2D eigenvalue weighted by molar-refractivity contribution is 5.76. The molecule has 0 saturated carbocycles. The summed E-state index contributed by atoms with van der Waals surface area (Å²) in [6.45, 7) is 0.454. The number of aryl methyl sites for hydroxylation is 1. The maximum absolute atomic E-state index is 12.0. The average Bonchev–Trinajstić information content (AvgIpc) is 2.57. The van der Waals surface area contributed by atoms with Crippen LogP contribution < -0.4 is 20.5 Å².